The Bertz CT molecular complexity index is 727. The van der Waals surface area contributed by atoms with Crippen molar-refractivity contribution in [1.29, 1.82) is 0 Å². The van der Waals surface area contributed by atoms with Crippen LogP contribution in [0.25, 0.3) is 0 Å². The second-order valence-corrected chi connectivity index (χ2v) is 5.84. The van der Waals surface area contributed by atoms with Gasteiger partial charge >= 0.3 is 6.03 Å². The van der Waals surface area contributed by atoms with E-state index in [2.05, 4.69) is 25.4 Å². The third kappa shape index (κ3) is 2.74. The SMILES string of the molecule is O=C(NCc1nnc2n1CCC2)N[C@@H]1CCOc2ccccc21. The van der Waals surface area contributed by atoms with E-state index in [9.17, 15) is 4.79 Å². The molecule has 4 rings (SSSR count). The Morgan fingerprint density at radius 1 is 1.35 bits per heavy atom. The fourth-order valence-electron chi connectivity index (χ4n) is 3.20. The monoisotopic (exact) mass is 313 g/mol. The number of aryl methyl sites for hydroxylation is 1. The number of nitrogens with zero attached hydrogens (tertiary/aromatic N) is 3. The molecule has 1 atom stereocenters. The Labute approximate surface area is 134 Å². The van der Waals surface area contributed by atoms with Gasteiger partial charge in [-0.15, -0.1) is 10.2 Å². The molecule has 0 radical (unpaired) electrons. The van der Waals surface area contributed by atoms with Crippen LogP contribution in [0.3, 0.4) is 0 Å². The van der Waals surface area contributed by atoms with Crippen molar-refractivity contribution in [2.45, 2.75) is 38.4 Å². The molecule has 2 aliphatic rings. The highest BCUT2D eigenvalue weighted by Crippen LogP contribution is 2.31. The lowest BCUT2D eigenvalue weighted by atomic mass is 10.0. The Hall–Kier alpha value is -2.57. The Morgan fingerprint density at radius 2 is 2.26 bits per heavy atom. The Kier molecular flexibility index (Phi) is 3.61. The average molecular weight is 313 g/mol. The summed E-state index contributed by atoms with van der Waals surface area (Å²) in [4.78, 5) is 12.2. The van der Waals surface area contributed by atoms with Crippen LogP contribution in [0, 0.1) is 0 Å². The first-order valence-electron chi connectivity index (χ1n) is 7.98. The fourth-order valence-corrected chi connectivity index (χ4v) is 3.20. The zero-order valence-electron chi connectivity index (χ0n) is 12.8. The summed E-state index contributed by atoms with van der Waals surface area (Å²) in [6, 6.07) is 7.60. The molecule has 0 spiro atoms. The lowest BCUT2D eigenvalue weighted by Crippen LogP contribution is -2.39. The van der Waals surface area contributed by atoms with Crippen LogP contribution in [0.5, 0.6) is 5.75 Å². The largest absolute Gasteiger partial charge is 0.493 e. The molecule has 3 heterocycles. The summed E-state index contributed by atoms with van der Waals surface area (Å²) >= 11 is 0. The van der Waals surface area contributed by atoms with Crippen molar-refractivity contribution >= 4 is 6.03 Å². The third-order valence-corrected chi connectivity index (χ3v) is 4.36. The van der Waals surface area contributed by atoms with Gasteiger partial charge in [-0.25, -0.2) is 4.79 Å². The number of carbonyl (C=O) groups is 1. The number of hydrogen-bond donors (Lipinski definition) is 2. The normalized spacial score (nSPS) is 18.7. The topological polar surface area (TPSA) is 81.1 Å². The first-order valence-corrected chi connectivity index (χ1v) is 7.98. The second kappa shape index (κ2) is 5.91. The highest BCUT2D eigenvalue weighted by atomic mass is 16.5. The van der Waals surface area contributed by atoms with Gasteiger partial charge in [-0.2, -0.15) is 0 Å². The number of rotatable bonds is 3. The molecule has 2 aliphatic heterocycles. The summed E-state index contributed by atoms with van der Waals surface area (Å²) in [5, 5.41) is 14.2. The van der Waals surface area contributed by atoms with Gasteiger partial charge in [0.05, 0.1) is 19.2 Å². The van der Waals surface area contributed by atoms with E-state index < -0.39 is 0 Å². The van der Waals surface area contributed by atoms with E-state index in [-0.39, 0.29) is 12.1 Å². The van der Waals surface area contributed by atoms with E-state index >= 15 is 0 Å². The van der Waals surface area contributed by atoms with Crippen LogP contribution in [0.15, 0.2) is 24.3 Å². The minimum atomic E-state index is -0.193. The number of fused-ring (bicyclic) bond motifs is 2. The van der Waals surface area contributed by atoms with Crippen LogP contribution in [-0.2, 0) is 19.5 Å². The van der Waals surface area contributed by atoms with Crippen molar-refractivity contribution in [3.05, 3.63) is 41.5 Å². The number of carbonyl (C=O) groups excluding carboxylic acids is 1. The van der Waals surface area contributed by atoms with E-state index in [1.54, 1.807) is 0 Å². The van der Waals surface area contributed by atoms with Gasteiger partial charge in [0.15, 0.2) is 5.82 Å². The number of amides is 2. The number of hydrogen-bond acceptors (Lipinski definition) is 4. The molecular formula is C16H19N5O2. The molecule has 7 nitrogen and oxygen atoms in total. The minimum absolute atomic E-state index is 0.0240. The van der Waals surface area contributed by atoms with Crippen molar-refractivity contribution in [3.63, 3.8) is 0 Å². The molecule has 1 aromatic heterocycles. The van der Waals surface area contributed by atoms with Crippen molar-refractivity contribution in [2.75, 3.05) is 6.61 Å². The summed E-state index contributed by atoms with van der Waals surface area (Å²) in [6.45, 7) is 1.94. The van der Waals surface area contributed by atoms with Crippen LogP contribution in [0.1, 0.15) is 36.1 Å². The summed E-state index contributed by atoms with van der Waals surface area (Å²) < 4.78 is 7.70. The zero-order valence-corrected chi connectivity index (χ0v) is 12.8. The van der Waals surface area contributed by atoms with Gasteiger partial charge in [-0.3, -0.25) is 0 Å². The molecule has 2 amide bonds. The molecule has 0 aliphatic carbocycles. The molecule has 7 heteroatoms. The smallest absolute Gasteiger partial charge is 0.315 e. The number of urea groups is 1. The van der Waals surface area contributed by atoms with Gasteiger partial charge in [0.2, 0.25) is 0 Å². The van der Waals surface area contributed by atoms with Crippen LogP contribution in [0.4, 0.5) is 4.79 Å². The molecule has 0 saturated carbocycles. The van der Waals surface area contributed by atoms with Crippen LogP contribution in [-0.4, -0.2) is 27.4 Å². The molecule has 0 unspecified atom stereocenters. The highest BCUT2D eigenvalue weighted by molar-refractivity contribution is 5.74. The summed E-state index contributed by atoms with van der Waals surface area (Å²) in [5.74, 6) is 2.68. The third-order valence-electron chi connectivity index (χ3n) is 4.36. The van der Waals surface area contributed by atoms with Crippen LogP contribution < -0.4 is 15.4 Å². The van der Waals surface area contributed by atoms with E-state index in [1.165, 1.54) is 0 Å². The van der Waals surface area contributed by atoms with Gasteiger partial charge in [-0.1, -0.05) is 18.2 Å². The summed E-state index contributed by atoms with van der Waals surface area (Å²) in [6.07, 6.45) is 2.84. The van der Waals surface area contributed by atoms with Crippen molar-refractivity contribution in [3.8, 4) is 5.75 Å². The number of aromatic nitrogens is 3. The van der Waals surface area contributed by atoms with Gasteiger partial charge in [-0.05, 0) is 12.5 Å². The lowest BCUT2D eigenvalue weighted by Gasteiger charge is -2.26. The van der Waals surface area contributed by atoms with Gasteiger partial charge in [0.25, 0.3) is 0 Å². The maximum Gasteiger partial charge on any atom is 0.315 e. The molecule has 2 N–H and O–H groups in total. The fraction of sp³-hybridized carbons (Fsp3) is 0.438. The standard InChI is InChI=1S/C16H19N5O2/c22-16(17-10-15-20-19-14-6-3-8-21(14)15)18-12-7-9-23-13-5-2-1-4-11(12)13/h1-2,4-5,12H,3,6-10H2,(H2,17,18,22)/t12-/m1/s1. The summed E-state index contributed by atoms with van der Waals surface area (Å²) in [7, 11) is 0. The molecule has 2 aromatic rings. The maximum atomic E-state index is 12.2. The molecule has 1 aromatic carbocycles. The minimum Gasteiger partial charge on any atom is -0.493 e. The zero-order chi connectivity index (χ0) is 15.6. The first-order chi connectivity index (χ1) is 11.3. The van der Waals surface area contributed by atoms with Gasteiger partial charge in [0.1, 0.15) is 11.6 Å². The molecule has 0 bridgehead atoms. The van der Waals surface area contributed by atoms with E-state index in [0.29, 0.717) is 13.2 Å². The van der Waals surface area contributed by atoms with Crippen LogP contribution in [0.2, 0.25) is 0 Å². The van der Waals surface area contributed by atoms with Crippen molar-refractivity contribution in [1.82, 2.24) is 25.4 Å². The second-order valence-electron chi connectivity index (χ2n) is 5.84. The average Bonchev–Trinajstić information content (AvgIpc) is 3.17. The van der Waals surface area contributed by atoms with Crippen LogP contribution >= 0.6 is 0 Å². The Morgan fingerprint density at radius 3 is 3.22 bits per heavy atom. The first kappa shape index (κ1) is 14.0. The number of para-hydroxylation sites is 1. The predicted molar refractivity (Wildman–Crippen MR) is 83.0 cm³/mol. The van der Waals surface area contributed by atoms with Gasteiger partial charge < -0.3 is 19.9 Å². The predicted octanol–water partition coefficient (Wildman–Crippen LogP) is 1.55. The maximum absolute atomic E-state index is 12.2. The highest BCUT2D eigenvalue weighted by Gasteiger charge is 2.23. The molecule has 0 saturated heterocycles. The number of nitrogens with one attached hydrogen (secondary N) is 2. The van der Waals surface area contributed by atoms with Gasteiger partial charge in [0, 0.05) is 24.9 Å². The lowest BCUT2D eigenvalue weighted by molar-refractivity contribution is 0.223. The molecule has 23 heavy (non-hydrogen) atoms. The number of benzene rings is 1. The van der Waals surface area contributed by atoms with E-state index in [0.717, 1.165) is 48.8 Å². The van der Waals surface area contributed by atoms with Crippen molar-refractivity contribution in [2.24, 2.45) is 0 Å². The number of ether oxygens (including phenoxy) is 1. The van der Waals surface area contributed by atoms with Crippen molar-refractivity contribution < 1.29 is 9.53 Å². The molecule has 0 fully saturated rings. The Balaban J connectivity index is 1.37. The van der Waals surface area contributed by atoms with E-state index in [1.807, 2.05) is 24.3 Å². The molecule has 120 valence electrons. The summed E-state index contributed by atoms with van der Waals surface area (Å²) in [5.41, 5.74) is 1.03. The van der Waals surface area contributed by atoms with E-state index in [4.69, 9.17) is 4.74 Å². The molecular weight excluding hydrogens is 294 g/mol. The quantitative estimate of drug-likeness (QED) is 0.901.